The molecule has 3 rings (SSSR count). The second-order valence-corrected chi connectivity index (χ2v) is 5.73. The molecule has 0 spiro atoms. The average Bonchev–Trinajstić information content (AvgIpc) is 2.99. The Morgan fingerprint density at radius 2 is 1.95 bits per heavy atom. The number of hydrazine groups is 1. The molecule has 0 atom stereocenters. The van der Waals surface area contributed by atoms with Crippen LogP contribution in [0.15, 0.2) is 42.5 Å². The summed E-state index contributed by atoms with van der Waals surface area (Å²) in [5.41, 5.74) is 8.02. The molecule has 2 N–H and O–H groups in total. The van der Waals surface area contributed by atoms with Crippen LogP contribution in [0.3, 0.4) is 0 Å². The molecular formula is C16H15N3O2S. The molecule has 0 bridgehead atoms. The molecule has 0 saturated carbocycles. The lowest BCUT2D eigenvalue weighted by molar-refractivity contribution is 0.0962. The number of amides is 1. The molecule has 0 aliphatic rings. The van der Waals surface area contributed by atoms with Gasteiger partial charge in [-0.05, 0) is 30.7 Å². The number of hydrogen-bond acceptors (Lipinski definition) is 5. The quantitative estimate of drug-likeness (QED) is 0.725. The van der Waals surface area contributed by atoms with Gasteiger partial charge in [0.1, 0.15) is 11.3 Å². The number of aryl methyl sites for hydroxylation is 1. The number of rotatable bonds is 4. The summed E-state index contributed by atoms with van der Waals surface area (Å²) < 4.78 is 6.36. The number of ether oxygens (including phenoxy) is 1. The van der Waals surface area contributed by atoms with E-state index >= 15 is 0 Å². The van der Waals surface area contributed by atoms with Crippen molar-refractivity contribution >= 4 is 32.6 Å². The summed E-state index contributed by atoms with van der Waals surface area (Å²) in [7, 11) is 1.62. The molecule has 2 aromatic carbocycles. The highest BCUT2D eigenvalue weighted by atomic mass is 32.1. The third-order valence-electron chi connectivity index (χ3n) is 3.24. The molecule has 1 amide bonds. The first-order chi connectivity index (χ1) is 10.7. The van der Waals surface area contributed by atoms with Gasteiger partial charge in [-0.3, -0.25) is 15.6 Å². The molecule has 0 radical (unpaired) electrons. The van der Waals surface area contributed by atoms with Crippen LogP contribution in [0.1, 0.15) is 15.9 Å². The Bertz CT molecular complexity index is 815. The molecule has 0 saturated heterocycles. The minimum absolute atomic E-state index is 0.205. The highest BCUT2D eigenvalue weighted by Crippen LogP contribution is 2.34. The van der Waals surface area contributed by atoms with Crippen LogP contribution >= 0.6 is 11.3 Å². The number of nitrogens with zero attached hydrogens (tertiary/aromatic N) is 1. The van der Waals surface area contributed by atoms with Crippen molar-refractivity contribution in [3.05, 3.63) is 53.6 Å². The highest BCUT2D eigenvalue weighted by molar-refractivity contribution is 7.22. The molecule has 1 heterocycles. The number of thiazole rings is 1. The molecule has 0 unspecified atom stereocenters. The molecule has 3 aromatic rings. The maximum absolute atomic E-state index is 12.0. The lowest BCUT2D eigenvalue weighted by Gasteiger charge is -2.04. The van der Waals surface area contributed by atoms with E-state index in [9.17, 15) is 4.79 Å². The van der Waals surface area contributed by atoms with Gasteiger partial charge in [-0.25, -0.2) is 4.98 Å². The van der Waals surface area contributed by atoms with Gasteiger partial charge >= 0.3 is 0 Å². The lowest BCUT2D eigenvalue weighted by Crippen LogP contribution is -2.29. The number of carbonyl (C=O) groups is 1. The fourth-order valence-electron chi connectivity index (χ4n) is 2.10. The van der Waals surface area contributed by atoms with Gasteiger partial charge in [0.05, 0.1) is 11.8 Å². The summed E-state index contributed by atoms with van der Waals surface area (Å²) in [6, 6.07) is 12.9. The largest absolute Gasteiger partial charge is 0.494 e. The summed E-state index contributed by atoms with van der Waals surface area (Å²) >= 11 is 1.47. The fourth-order valence-corrected chi connectivity index (χ4v) is 3.00. The Kier molecular flexibility index (Phi) is 3.93. The van der Waals surface area contributed by atoms with Crippen molar-refractivity contribution in [2.75, 3.05) is 12.5 Å². The number of methoxy groups -OCH3 is 1. The van der Waals surface area contributed by atoms with E-state index < -0.39 is 0 Å². The van der Waals surface area contributed by atoms with Crippen molar-refractivity contribution in [2.45, 2.75) is 6.92 Å². The van der Waals surface area contributed by atoms with E-state index in [0.29, 0.717) is 10.7 Å². The Morgan fingerprint density at radius 3 is 2.68 bits per heavy atom. The first kappa shape index (κ1) is 14.3. The SMILES string of the molecule is COc1ccc(C)c2sc(NNC(=O)c3ccccc3)nc12. The summed E-state index contributed by atoms with van der Waals surface area (Å²) in [6.45, 7) is 2.02. The van der Waals surface area contributed by atoms with Crippen LogP contribution in [-0.4, -0.2) is 18.0 Å². The Balaban J connectivity index is 1.80. The Morgan fingerprint density at radius 1 is 1.18 bits per heavy atom. The number of hydrogen-bond donors (Lipinski definition) is 2. The van der Waals surface area contributed by atoms with Crippen molar-refractivity contribution < 1.29 is 9.53 Å². The zero-order valence-corrected chi connectivity index (χ0v) is 13.0. The van der Waals surface area contributed by atoms with Gasteiger partial charge in [0.15, 0.2) is 0 Å². The normalized spacial score (nSPS) is 10.5. The van der Waals surface area contributed by atoms with Gasteiger partial charge in [-0.15, -0.1) is 0 Å². The number of carbonyl (C=O) groups excluding carboxylic acids is 1. The first-order valence-electron chi connectivity index (χ1n) is 6.74. The maximum atomic E-state index is 12.0. The van der Waals surface area contributed by atoms with Crippen LogP contribution in [0.25, 0.3) is 10.2 Å². The average molecular weight is 313 g/mol. The van der Waals surface area contributed by atoms with Crippen molar-refractivity contribution in [1.29, 1.82) is 0 Å². The zero-order valence-electron chi connectivity index (χ0n) is 12.2. The smallest absolute Gasteiger partial charge is 0.269 e. The fraction of sp³-hybridized carbons (Fsp3) is 0.125. The summed E-state index contributed by atoms with van der Waals surface area (Å²) in [5, 5.41) is 0.617. The lowest BCUT2D eigenvalue weighted by atomic mass is 10.2. The van der Waals surface area contributed by atoms with E-state index in [0.717, 1.165) is 21.5 Å². The predicted molar refractivity (Wildman–Crippen MR) is 88.4 cm³/mol. The molecule has 0 aliphatic carbocycles. The van der Waals surface area contributed by atoms with E-state index in [4.69, 9.17) is 4.74 Å². The summed E-state index contributed by atoms with van der Waals surface area (Å²) in [5.74, 6) is 0.517. The summed E-state index contributed by atoms with van der Waals surface area (Å²) in [6.07, 6.45) is 0. The van der Waals surface area contributed by atoms with Crippen LogP contribution in [0.2, 0.25) is 0 Å². The van der Waals surface area contributed by atoms with Crippen molar-refractivity contribution in [1.82, 2.24) is 10.4 Å². The van der Waals surface area contributed by atoms with Crippen molar-refractivity contribution in [3.63, 3.8) is 0 Å². The second-order valence-electron chi connectivity index (χ2n) is 4.73. The second kappa shape index (κ2) is 6.03. The van der Waals surface area contributed by atoms with Crippen LogP contribution in [0.4, 0.5) is 5.13 Å². The van der Waals surface area contributed by atoms with E-state index in [-0.39, 0.29) is 5.91 Å². The van der Waals surface area contributed by atoms with Crippen LogP contribution < -0.4 is 15.6 Å². The minimum atomic E-state index is -0.205. The number of nitrogens with one attached hydrogen (secondary N) is 2. The minimum Gasteiger partial charge on any atom is -0.494 e. The van der Waals surface area contributed by atoms with Crippen molar-refractivity contribution in [3.8, 4) is 5.75 Å². The van der Waals surface area contributed by atoms with Crippen LogP contribution in [0.5, 0.6) is 5.75 Å². The first-order valence-corrected chi connectivity index (χ1v) is 7.56. The number of fused-ring (bicyclic) bond motifs is 1. The topological polar surface area (TPSA) is 63.2 Å². The Labute approximate surface area is 131 Å². The molecule has 0 fully saturated rings. The van der Waals surface area contributed by atoms with Crippen LogP contribution in [-0.2, 0) is 0 Å². The third-order valence-corrected chi connectivity index (χ3v) is 4.35. The van der Waals surface area contributed by atoms with Gasteiger partial charge in [0.25, 0.3) is 5.91 Å². The highest BCUT2D eigenvalue weighted by Gasteiger charge is 2.12. The predicted octanol–water partition coefficient (Wildman–Crippen LogP) is 3.37. The molecule has 5 nitrogen and oxygen atoms in total. The monoisotopic (exact) mass is 313 g/mol. The van der Waals surface area contributed by atoms with Gasteiger partial charge in [-0.1, -0.05) is 35.6 Å². The van der Waals surface area contributed by atoms with Gasteiger partial charge < -0.3 is 4.74 Å². The van der Waals surface area contributed by atoms with E-state index in [1.54, 1.807) is 19.2 Å². The van der Waals surface area contributed by atoms with E-state index in [1.165, 1.54) is 11.3 Å². The molecule has 1 aromatic heterocycles. The molecule has 0 aliphatic heterocycles. The van der Waals surface area contributed by atoms with Gasteiger partial charge in [0.2, 0.25) is 5.13 Å². The number of aromatic nitrogens is 1. The van der Waals surface area contributed by atoms with E-state index in [1.807, 2.05) is 37.3 Å². The van der Waals surface area contributed by atoms with Gasteiger partial charge in [0, 0.05) is 5.56 Å². The third kappa shape index (κ3) is 2.73. The number of benzene rings is 2. The van der Waals surface area contributed by atoms with E-state index in [2.05, 4.69) is 15.8 Å². The Hall–Kier alpha value is -2.60. The standard InChI is InChI=1S/C16H15N3O2S/c1-10-8-9-12(21-2)13-14(10)22-16(17-13)19-18-15(20)11-6-4-3-5-7-11/h3-9H,1-2H3,(H,17,19)(H,18,20). The molecule has 6 heteroatoms. The molecule has 112 valence electrons. The number of anilines is 1. The summed E-state index contributed by atoms with van der Waals surface area (Å²) in [4.78, 5) is 16.5. The maximum Gasteiger partial charge on any atom is 0.269 e. The van der Waals surface area contributed by atoms with Crippen molar-refractivity contribution in [2.24, 2.45) is 0 Å². The van der Waals surface area contributed by atoms with Crippen LogP contribution in [0, 0.1) is 6.92 Å². The molecular weight excluding hydrogens is 298 g/mol. The molecule has 22 heavy (non-hydrogen) atoms. The van der Waals surface area contributed by atoms with Gasteiger partial charge in [-0.2, -0.15) is 0 Å². The zero-order chi connectivity index (χ0) is 15.5.